The molecule has 0 saturated carbocycles. The lowest BCUT2D eigenvalue weighted by Gasteiger charge is -2.32. The Morgan fingerprint density at radius 2 is 2.20 bits per heavy atom. The van der Waals surface area contributed by atoms with Crippen LogP contribution in [0.15, 0.2) is 30.3 Å². The Bertz CT molecular complexity index is 738. The van der Waals surface area contributed by atoms with E-state index in [0.717, 1.165) is 43.8 Å². The summed E-state index contributed by atoms with van der Waals surface area (Å²) in [6.07, 6.45) is 4.39. The van der Waals surface area contributed by atoms with Crippen molar-refractivity contribution < 1.29 is 9.53 Å². The van der Waals surface area contributed by atoms with Crippen LogP contribution in [-0.2, 0) is 13.5 Å². The van der Waals surface area contributed by atoms with Crippen molar-refractivity contribution in [3.63, 3.8) is 0 Å². The molecule has 1 unspecified atom stereocenters. The van der Waals surface area contributed by atoms with Crippen LogP contribution in [0.4, 0.5) is 0 Å². The number of aryl methyl sites for hydroxylation is 3. The first-order valence-corrected chi connectivity index (χ1v) is 8.99. The van der Waals surface area contributed by atoms with E-state index in [0.29, 0.717) is 11.6 Å². The lowest BCUT2D eigenvalue weighted by molar-refractivity contribution is 0.0657. The summed E-state index contributed by atoms with van der Waals surface area (Å²) in [7, 11) is 3.54. The molecule has 0 aliphatic carbocycles. The van der Waals surface area contributed by atoms with E-state index in [-0.39, 0.29) is 5.91 Å². The molecule has 0 spiro atoms. The van der Waals surface area contributed by atoms with E-state index >= 15 is 0 Å². The van der Waals surface area contributed by atoms with E-state index < -0.39 is 0 Å². The fraction of sp³-hybridized carbons (Fsp3) is 0.500. The summed E-state index contributed by atoms with van der Waals surface area (Å²) in [4.78, 5) is 14.8. The van der Waals surface area contributed by atoms with Gasteiger partial charge in [-0.05, 0) is 62.3 Å². The van der Waals surface area contributed by atoms with Crippen molar-refractivity contribution in [3.05, 3.63) is 47.3 Å². The minimum atomic E-state index is 0.106. The maximum absolute atomic E-state index is 12.8. The van der Waals surface area contributed by atoms with Gasteiger partial charge in [-0.1, -0.05) is 12.1 Å². The number of benzene rings is 1. The second kappa shape index (κ2) is 7.72. The lowest BCUT2D eigenvalue weighted by Crippen LogP contribution is -2.40. The molecule has 1 atom stereocenters. The van der Waals surface area contributed by atoms with Crippen LogP contribution in [-0.4, -0.2) is 40.8 Å². The molecule has 1 amide bonds. The number of methoxy groups -OCH3 is 1. The van der Waals surface area contributed by atoms with Gasteiger partial charge in [-0.2, -0.15) is 5.10 Å². The van der Waals surface area contributed by atoms with Gasteiger partial charge in [-0.3, -0.25) is 9.48 Å². The van der Waals surface area contributed by atoms with E-state index in [2.05, 4.69) is 17.2 Å². The van der Waals surface area contributed by atoms with Gasteiger partial charge >= 0.3 is 0 Å². The molecule has 1 aliphatic rings. The van der Waals surface area contributed by atoms with Crippen LogP contribution in [0, 0.1) is 12.8 Å². The van der Waals surface area contributed by atoms with Crippen LogP contribution in [0.5, 0.6) is 5.75 Å². The molecule has 5 nitrogen and oxygen atoms in total. The van der Waals surface area contributed by atoms with Crippen molar-refractivity contribution in [2.75, 3.05) is 20.2 Å². The number of likely N-dealkylation sites (tertiary alicyclic amines) is 1. The van der Waals surface area contributed by atoms with Crippen molar-refractivity contribution in [2.24, 2.45) is 13.0 Å². The number of rotatable bonds is 5. The Balaban J connectivity index is 1.59. The fourth-order valence-electron chi connectivity index (χ4n) is 3.66. The van der Waals surface area contributed by atoms with Gasteiger partial charge in [0.1, 0.15) is 11.4 Å². The summed E-state index contributed by atoms with van der Waals surface area (Å²) in [5.41, 5.74) is 2.87. The van der Waals surface area contributed by atoms with Gasteiger partial charge in [0.2, 0.25) is 0 Å². The molecule has 1 aliphatic heterocycles. The van der Waals surface area contributed by atoms with Crippen LogP contribution in [0.25, 0.3) is 0 Å². The van der Waals surface area contributed by atoms with E-state index in [4.69, 9.17) is 4.74 Å². The third kappa shape index (κ3) is 4.21. The number of amides is 1. The predicted octanol–water partition coefficient (Wildman–Crippen LogP) is 3.22. The van der Waals surface area contributed by atoms with Crippen molar-refractivity contribution in [3.8, 4) is 5.75 Å². The zero-order valence-electron chi connectivity index (χ0n) is 15.4. The number of hydrogen-bond acceptors (Lipinski definition) is 3. The van der Waals surface area contributed by atoms with E-state index in [9.17, 15) is 4.79 Å². The van der Waals surface area contributed by atoms with Crippen LogP contribution in [0.2, 0.25) is 0 Å². The van der Waals surface area contributed by atoms with Gasteiger partial charge in [0.05, 0.1) is 12.8 Å². The zero-order chi connectivity index (χ0) is 17.8. The first-order valence-electron chi connectivity index (χ1n) is 8.99. The van der Waals surface area contributed by atoms with Gasteiger partial charge in [-0.15, -0.1) is 0 Å². The largest absolute Gasteiger partial charge is 0.497 e. The number of hydrogen-bond donors (Lipinski definition) is 0. The highest BCUT2D eigenvalue weighted by atomic mass is 16.5. The molecule has 1 aromatic heterocycles. The summed E-state index contributed by atoms with van der Waals surface area (Å²) < 4.78 is 6.99. The number of ether oxygens (including phenoxy) is 1. The Morgan fingerprint density at radius 1 is 1.36 bits per heavy atom. The molecule has 2 heterocycles. The van der Waals surface area contributed by atoms with Crippen molar-refractivity contribution >= 4 is 5.91 Å². The van der Waals surface area contributed by atoms with Gasteiger partial charge < -0.3 is 9.64 Å². The number of carbonyl (C=O) groups is 1. The van der Waals surface area contributed by atoms with Crippen LogP contribution in [0.3, 0.4) is 0 Å². The number of aromatic nitrogens is 2. The highest BCUT2D eigenvalue weighted by Crippen LogP contribution is 2.24. The van der Waals surface area contributed by atoms with Crippen molar-refractivity contribution in [2.45, 2.75) is 32.6 Å². The predicted molar refractivity (Wildman–Crippen MR) is 97.9 cm³/mol. The second-order valence-corrected chi connectivity index (χ2v) is 6.94. The minimum absolute atomic E-state index is 0.106. The van der Waals surface area contributed by atoms with Gasteiger partial charge in [0, 0.05) is 20.1 Å². The zero-order valence-corrected chi connectivity index (χ0v) is 15.4. The molecular formula is C20H27N3O2. The smallest absolute Gasteiger partial charge is 0.272 e. The van der Waals surface area contributed by atoms with Gasteiger partial charge in [-0.25, -0.2) is 0 Å². The highest BCUT2D eigenvalue weighted by Gasteiger charge is 2.26. The SMILES string of the molecule is COc1cccc(CCC2CCCN(C(=O)c3cc(C)nn3C)C2)c1. The summed E-state index contributed by atoms with van der Waals surface area (Å²) >= 11 is 0. The Hall–Kier alpha value is -2.30. The van der Waals surface area contributed by atoms with Gasteiger partial charge in [0.15, 0.2) is 0 Å². The Kier molecular flexibility index (Phi) is 5.41. The second-order valence-electron chi connectivity index (χ2n) is 6.94. The topological polar surface area (TPSA) is 47.4 Å². The third-order valence-electron chi connectivity index (χ3n) is 5.00. The van der Waals surface area contributed by atoms with Crippen LogP contribution < -0.4 is 4.74 Å². The molecular weight excluding hydrogens is 314 g/mol. The lowest BCUT2D eigenvalue weighted by atomic mass is 9.91. The fourth-order valence-corrected chi connectivity index (χ4v) is 3.66. The molecule has 25 heavy (non-hydrogen) atoms. The molecule has 3 rings (SSSR count). The normalized spacial score (nSPS) is 17.6. The first-order chi connectivity index (χ1) is 12.1. The first kappa shape index (κ1) is 17.5. The van der Waals surface area contributed by atoms with Gasteiger partial charge in [0.25, 0.3) is 5.91 Å². The van der Waals surface area contributed by atoms with Crippen molar-refractivity contribution in [1.82, 2.24) is 14.7 Å². The molecule has 1 aromatic carbocycles. The molecule has 1 saturated heterocycles. The molecule has 134 valence electrons. The maximum Gasteiger partial charge on any atom is 0.272 e. The van der Waals surface area contributed by atoms with Crippen LogP contribution in [0.1, 0.15) is 41.0 Å². The molecule has 2 aromatic rings. The molecule has 0 N–H and O–H groups in total. The van der Waals surface area contributed by atoms with E-state index in [1.165, 1.54) is 12.0 Å². The average Bonchev–Trinajstić information content (AvgIpc) is 2.98. The molecule has 1 fully saturated rings. The molecule has 5 heteroatoms. The Labute approximate surface area is 149 Å². The summed E-state index contributed by atoms with van der Waals surface area (Å²) in [5.74, 6) is 1.57. The quantitative estimate of drug-likeness (QED) is 0.839. The van der Waals surface area contributed by atoms with E-state index in [1.807, 2.05) is 37.1 Å². The highest BCUT2D eigenvalue weighted by molar-refractivity contribution is 5.92. The number of nitrogens with zero attached hydrogens (tertiary/aromatic N) is 3. The number of carbonyl (C=O) groups excluding carboxylic acids is 1. The maximum atomic E-state index is 12.8. The average molecular weight is 341 g/mol. The van der Waals surface area contributed by atoms with Crippen molar-refractivity contribution in [1.29, 1.82) is 0 Å². The summed E-state index contributed by atoms with van der Waals surface area (Å²) in [6, 6.07) is 10.1. The number of piperidine rings is 1. The van der Waals surface area contributed by atoms with E-state index in [1.54, 1.807) is 11.8 Å². The van der Waals surface area contributed by atoms with Crippen LogP contribution >= 0.6 is 0 Å². The third-order valence-corrected chi connectivity index (χ3v) is 5.00. The molecule has 0 bridgehead atoms. The standard InChI is InChI=1S/C20H27N3O2/c1-15-12-19(22(2)21-15)20(24)23-11-5-7-17(14-23)10-9-16-6-4-8-18(13-16)25-3/h4,6,8,12-13,17H,5,7,9-11,14H2,1-3H3. The monoisotopic (exact) mass is 341 g/mol. The summed E-state index contributed by atoms with van der Waals surface area (Å²) in [6.45, 7) is 3.61. The molecule has 0 radical (unpaired) electrons. The minimum Gasteiger partial charge on any atom is -0.497 e. The summed E-state index contributed by atoms with van der Waals surface area (Å²) in [5, 5.41) is 4.30. The Morgan fingerprint density at radius 3 is 2.92 bits per heavy atom.